The third kappa shape index (κ3) is 5.89. The standard InChI is InChI=1S/C25H19F3O3/c1-2-3-16-30-22-15-10-18(23(27)24(22)28)7-4-17-5-8-19(9-6-17)25(29)31-21-13-11-20(26)12-14-21/h5-6,8-15H,2-3,16H2,1H3. The lowest BCUT2D eigenvalue weighted by Gasteiger charge is -2.07. The lowest BCUT2D eigenvalue weighted by atomic mass is 10.1. The van der Waals surface area contributed by atoms with Crippen LogP contribution in [0.4, 0.5) is 13.2 Å². The molecule has 3 nitrogen and oxygen atoms in total. The average molecular weight is 424 g/mol. The van der Waals surface area contributed by atoms with Gasteiger partial charge in [0.25, 0.3) is 0 Å². The van der Waals surface area contributed by atoms with Crippen molar-refractivity contribution in [2.45, 2.75) is 19.8 Å². The summed E-state index contributed by atoms with van der Waals surface area (Å²) in [4.78, 5) is 12.1. The van der Waals surface area contributed by atoms with Crippen molar-refractivity contribution >= 4 is 5.97 Å². The molecule has 0 saturated heterocycles. The Hall–Kier alpha value is -3.72. The van der Waals surface area contributed by atoms with E-state index in [4.69, 9.17) is 9.47 Å². The molecule has 31 heavy (non-hydrogen) atoms. The second-order valence-electron chi connectivity index (χ2n) is 6.61. The molecule has 0 unspecified atom stereocenters. The monoisotopic (exact) mass is 424 g/mol. The quantitative estimate of drug-likeness (QED) is 0.214. The molecule has 0 radical (unpaired) electrons. The van der Waals surface area contributed by atoms with Crippen LogP contribution in [0.2, 0.25) is 0 Å². The second kappa shape index (κ2) is 10.4. The maximum Gasteiger partial charge on any atom is 0.343 e. The fourth-order valence-corrected chi connectivity index (χ4v) is 2.56. The van der Waals surface area contributed by atoms with Gasteiger partial charge in [-0.3, -0.25) is 0 Å². The summed E-state index contributed by atoms with van der Waals surface area (Å²) < 4.78 is 51.7. The molecule has 0 atom stereocenters. The third-order valence-corrected chi connectivity index (χ3v) is 4.29. The molecule has 0 aliphatic carbocycles. The zero-order chi connectivity index (χ0) is 22.2. The van der Waals surface area contributed by atoms with Crippen molar-refractivity contribution in [2.75, 3.05) is 6.61 Å². The maximum absolute atomic E-state index is 14.2. The SMILES string of the molecule is CCCCOc1ccc(C#Cc2ccc(C(=O)Oc3ccc(F)cc3)cc2)c(F)c1F. The molecule has 0 spiro atoms. The Bertz CT molecular complexity index is 1110. The Morgan fingerprint density at radius 1 is 0.871 bits per heavy atom. The van der Waals surface area contributed by atoms with Gasteiger partial charge in [0.15, 0.2) is 11.6 Å². The minimum atomic E-state index is -1.07. The average Bonchev–Trinajstić information content (AvgIpc) is 2.78. The van der Waals surface area contributed by atoms with E-state index >= 15 is 0 Å². The smallest absolute Gasteiger partial charge is 0.343 e. The van der Waals surface area contributed by atoms with Crippen LogP contribution in [-0.4, -0.2) is 12.6 Å². The molecule has 3 aromatic rings. The minimum absolute atomic E-state index is 0.0971. The Labute approximate surface area is 178 Å². The third-order valence-electron chi connectivity index (χ3n) is 4.29. The van der Waals surface area contributed by atoms with Crippen molar-refractivity contribution < 1.29 is 27.4 Å². The highest BCUT2D eigenvalue weighted by Gasteiger charge is 2.13. The van der Waals surface area contributed by atoms with Gasteiger partial charge in [0.05, 0.1) is 17.7 Å². The number of halogens is 3. The number of hydrogen-bond acceptors (Lipinski definition) is 3. The second-order valence-corrected chi connectivity index (χ2v) is 6.61. The molecule has 0 fully saturated rings. The maximum atomic E-state index is 14.2. The fraction of sp³-hybridized carbons (Fsp3) is 0.160. The molecule has 0 aliphatic rings. The van der Waals surface area contributed by atoms with E-state index in [-0.39, 0.29) is 22.6 Å². The van der Waals surface area contributed by atoms with E-state index in [1.54, 1.807) is 12.1 Å². The van der Waals surface area contributed by atoms with Crippen LogP contribution in [0, 0.1) is 29.3 Å². The van der Waals surface area contributed by atoms with E-state index in [1.807, 2.05) is 6.92 Å². The summed E-state index contributed by atoms with van der Waals surface area (Å²) in [6.07, 6.45) is 1.63. The van der Waals surface area contributed by atoms with Crippen LogP contribution in [-0.2, 0) is 0 Å². The van der Waals surface area contributed by atoms with Crippen LogP contribution in [0.5, 0.6) is 11.5 Å². The predicted molar refractivity (Wildman–Crippen MR) is 111 cm³/mol. The summed E-state index contributed by atoms with van der Waals surface area (Å²) in [5.41, 5.74) is 0.669. The normalized spacial score (nSPS) is 10.2. The number of hydrogen-bond donors (Lipinski definition) is 0. The molecule has 0 aromatic heterocycles. The predicted octanol–water partition coefficient (Wildman–Crippen LogP) is 5.90. The van der Waals surface area contributed by atoms with Crippen molar-refractivity contribution in [1.29, 1.82) is 0 Å². The molecular formula is C25H19F3O3. The summed E-state index contributed by atoms with van der Waals surface area (Å²) >= 11 is 0. The van der Waals surface area contributed by atoms with Gasteiger partial charge in [-0.25, -0.2) is 13.6 Å². The van der Waals surface area contributed by atoms with Gasteiger partial charge in [0.1, 0.15) is 11.6 Å². The summed E-state index contributed by atoms with van der Waals surface area (Å²) in [5, 5.41) is 0. The molecule has 0 saturated carbocycles. The van der Waals surface area contributed by atoms with E-state index in [0.717, 1.165) is 12.8 Å². The summed E-state index contributed by atoms with van der Waals surface area (Å²) in [6.45, 7) is 2.29. The Balaban J connectivity index is 1.68. The largest absolute Gasteiger partial charge is 0.490 e. The first-order valence-electron chi connectivity index (χ1n) is 9.68. The molecule has 0 N–H and O–H groups in total. The molecular weight excluding hydrogens is 405 g/mol. The number of carbonyl (C=O) groups excluding carboxylic acids is 1. The molecule has 0 aliphatic heterocycles. The van der Waals surface area contributed by atoms with Gasteiger partial charge in [-0.05, 0) is 67.1 Å². The van der Waals surface area contributed by atoms with Crippen LogP contribution in [0.3, 0.4) is 0 Å². The topological polar surface area (TPSA) is 35.5 Å². The van der Waals surface area contributed by atoms with Gasteiger partial charge in [-0.1, -0.05) is 25.2 Å². The van der Waals surface area contributed by atoms with Crippen LogP contribution < -0.4 is 9.47 Å². The van der Waals surface area contributed by atoms with Crippen molar-refractivity contribution in [2.24, 2.45) is 0 Å². The van der Waals surface area contributed by atoms with Crippen molar-refractivity contribution in [3.8, 4) is 23.3 Å². The van der Waals surface area contributed by atoms with Crippen LogP contribution >= 0.6 is 0 Å². The number of carbonyl (C=O) groups is 1. The molecule has 0 amide bonds. The van der Waals surface area contributed by atoms with Gasteiger partial charge in [0, 0.05) is 5.56 Å². The van der Waals surface area contributed by atoms with Gasteiger partial charge >= 0.3 is 5.97 Å². The Morgan fingerprint density at radius 3 is 2.26 bits per heavy atom. The fourth-order valence-electron chi connectivity index (χ4n) is 2.56. The molecule has 3 rings (SSSR count). The molecule has 0 bridgehead atoms. The molecule has 6 heteroatoms. The number of unbranched alkanes of at least 4 members (excludes halogenated alkanes) is 1. The first kappa shape index (κ1) is 22.0. The lowest BCUT2D eigenvalue weighted by molar-refractivity contribution is 0.0734. The summed E-state index contributed by atoms with van der Waals surface area (Å²) in [6, 6.07) is 13.9. The number of esters is 1. The van der Waals surface area contributed by atoms with E-state index < -0.39 is 23.4 Å². The van der Waals surface area contributed by atoms with Gasteiger partial charge < -0.3 is 9.47 Å². The van der Waals surface area contributed by atoms with Crippen molar-refractivity contribution in [3.05, 3.63) is 94.8 Å². The number of rotatable bonds is 6. The first-order chi connectivity index (χ1) is 15.0. The zero-order valence-electron chi connectivity index (χ0n) is 16.8. The van der Waals surface area contributed by atoms with Crippen LogP contribution in [0.1, 0.15) is 41.3 Å². The summed E-state index contributed by atoms with van der Waals surface area (Å²) in [7, 11) is 0. The highest BCUT2D eigenvalue weighted by Crippen LogP contribution is 2.22. The molecule has 3 aromatic carbocycles. The van der Waals surface area contributed by atoms with Gasteiger partial charge in [0.2, 0.25) is 5.82 Å². The molecule has 158 valence electrons. The Kier molecular flexibility index (Phi) is 7.34. The van der Waals surface area contributed by atoms with Crippen molar-refractivity contribution in [1.82, 2.24) is 0 Å². The highest BCUT2D eigenvalue weighted by atomic mass is 19.2. The van der Waals surface area contributed by atoms with E-state index in [1.165, 1.54) is 48.5 Å². The van der Waals surface area contributed by atoms with E-state index in [9.17, 15) is 18.0 Å². The van der Waals surface area contributed by atoms with Gasteiger partial charge in [-0.15, -0.1) is 0 Å². The zero-order valence-corrected chi connectivity index (χ0v) is 16.8. The van der Waals surface area contributed by atoms with Gasteiger partial charge in [-0.2, -0.15) is 4.39 Å². The number of ether oxygens (including phenoxy) is 2. The first-order valence-corrected chi connectivity index (χ1v) is 9.68. The highest BCUT2D eigenvalue weighted by molar-refractivity contribution is 5.91. The van der Waals surface area contributed by atoms with E-state index in [2.05, 4.69) is 11.8 Å². The lowest BCUT2D eigenvalue weighted by Crippen LogP contribution is -2.08. The summed E-state index contributed by atoms with van der Waals surface area (Å²) in [5.74, 6) is 2.21. The Morgan fingerprint density at radius 2 is 1.58 bits per heavy atom. The van der Waals surface area contributed by atoms with Crippen LogP contribution in [0.25, 0.3) is 0 Å². The van der Waals surface area contributed by atoms with Crippen LogP contribution in [0.15, 0.2) is 60.7 Å². The number of benzene rings is 3. The van der Waals surface area contributed by atoms with Crippen molar-refractivity contribution in [3.63, 3.8) is 0 Å². The molecule has 0 heterocycles. The minimum Gasteiger partial charge on any atom is -0.490 e. The van der Waals surface area contributed by atoms with E-state index in [0.29, 0.717) is 12.2 Å².